The van der Waals surface area contributed by atoms with Crippen LogP contribution in [0.25, 0.3) is 0 Å². The highest BCUT2D eigenvalue weighted by Gasteiger charge is 2.20. The normalized spacial score (nSPS) is 13.8. The molecule has 0 aliphatic heterocycles. The number of aryl methyl sites for hydroxylation is 2. The van der Waals surface area contributed by atoms with E-state index in [-0.39, 0.29) is 12.3 Å². The largest absolute Gasteiger partial charge is 0.452 e. The van der Waals surface area contributed by atoms with Crippen LogP contribution in [0.5, 0.6) is 0 Å². The van der Waals surface area contributed by atoms with Gasteiger partial charge >= 0.3 is 5.97 Å². The molecule has 1 aliphatic carbocycles. The Bertz CT molecular complexity index is 847. The molecule has 0 saturated carbocycles. The lowest BCUT2D eigenvalue weighted by Gasteiger charge is -2.15. The van der Waals surface area contributed by atoms with Crippen molar-refractivity contribution < 1.29 is 14.3 Å². The van der Waals surface area contributed by atoms with Crippen LogP contribution < -0.4 is 5.32 Å². The average Bonchev–Trinajstić information content (AvgIpc) is 3.06. The monoisotopic (exact) mass is 371 g/mol. The van der Waals surface area contributed by atoms with Crippen molar-refractivity contribution in [3.8, 4) is 0 Å². The van der Waals surface area contributed by atoms with Crippen LogP contribution in [0, 0.1) is 6.92 Å². The van der Waals surface area contributed by atoms with Crippen molar-refractivity contribution in [2.45, 2.75) is 45.6 Å². The predicted molar refractivity (Wildman–Crippen MR) is 103 cm³/mol. The molecule has 0 fully saturated rings. The second-order valence-electron chi connectivity index (χ2n) is 6.67. The molecular weight excluding hydrogens is 350 g/mol. The maximum absolute atomic E-state index is 12.3. The molecule has 0 bridgehead atoms. The van der Waals surface area contributed by atoms with Crippen molar-refractivity contribution in [3.63, 3.8) is 0 Å². The summed E-state index contributed by atoms with van der Waals surface area (Å²) in [6, 6.07) is 11.4. The van der Waals surface area contributed by atoms with E-state index in [1.54, 1.807) is 25.1 Å². The minimum absolute atomic E-state index is 0.168. The van der Waals surface area contributed by atoms with Crippen LogP contribution in [0.2, 0.25) is 5.02 Å². The van der Waals surface area contributed by atoms with Gasteiger partial charge in [0.1, 0.15) is 0 Å². The van der Waals surface area contributed by atoms with E-state index < -0.39 is 12.1 Å². The number of rotatable bonds is 5. The maximum atomic E-state index is 12.3. The van der Waals surface area contributed by atoms with Crippen LogP contribution in [0.4, 0.5) is 5.69 Å². The molecule has 2 aromatic rings. The van der Waals surface area contributed by atoms with Crippen molar-refractivity contribution in [1.82, 2.24) is 0 Å². The Hall–Kier alpha value is -2.33. The van der Waals surface area contributed by atoms with Gasteiger partial charge in [-0.15, -0.1) is 0 Å². The molecule has 4 nitrogen and oxygen atoms in total. The Labute approximate surface area is 158 Å². The molecular formula is C21H22ClNO3. The molecule has 0 spiro atoms. The van der Waals surface area contributed by atoms with Gasteiger partial charge in [0.05, 0.1) is 6.42 Å². The van der Waals surface area contributed by atoms with E-state index in [0.29, 0.717) is 10.7 Å². The Balaban J connectivity index is 1.56. The summed E-state index contributed by atoms with van der Waals surface area (Å²) in [6.07, 6.45) is 2.64. The van der Waals surface area contributed by atoms with Crippen LogP contribution >= 0.6 is 11.6 Å². The van der Waals surface area contributed by atoms with Gasteiger partial charge in [-0.2, -0.15) is 0 Å². The summed E-state index contributed by atoms with van der Waals surface area (Å²) in [4.78, 5) is 24.5. The molecule has 1 N–H and O–H groups in total. The Morgan fingerprint density at radius 3 is 2.77 bits per heavy atom. The van der Waals surface area contributed by atoms with Gasteiger partial charge in [-0.1, -0.05) is 35.9 Å². The highest BCUT2D eigenvalue weighted by Crippen LogP contribution is 2.24. The lowest BCUT2D eigenvalue weighted by atomic mass is 10.0. The first-order valence-electron chi connectivity index (χ1n) is 8.80. The van der Waals surface area contributed by atoms with E-state index in [0.717, 1.165) is 24.0 Å². The van der Waals surface area contributed by atoms with Gasteiger partial charge in [0.15, 0.2) is 6.10 Å². The third-order valence-electron chi connectivity index (χ3n) is 4.71. The molecule has 5 heteroatoms. The Morgan fingerprint density at radius 2 is 1.96 bits per heavy atom. The molecule has 26 heavy (non-hydrogen) atoms. The fourth-order valence-electron chi connectivity index (χ4n) is 3.17. The number of nitrogens with one attached hydrogen (secondary N) is 1. The first-order chi connectivity index (χ1) is 12.4. The average molecular weight is 372 g/mol. The number of halogens is 1. The predicted octanol–water partition coefficient (Wildman–Crippen LogP) is 4.25. The molecule has 0 heterocycles. The molecule has 2 aromatic carbocycles. The van der Waals surface area contributed by atoms with Crippen LogP contribution in [0.3, 0.4) is 0 Å². The number of carbonyl (C=O) groups is 2. The molecule has 1 amide bonds. The number of hydrogen-bond acceptors (Lipinski definition) is 3. The molecule has 0 saturated heterocycles. The van der Waals surface area contributed by atoms with Crippen LogP contribution in [0.1, 0.15) is 35.6 Å². The number of carbonyl (C=O) groups excluding carboxylic acids is 2. The zero-order chi connectivity index (χ0) is 18.7. The van der Waals surface area contributed by atoms with Gasteiger partial charge in [-0.3, -0.25) is 9.59 Å². The van der Waals surface area contributed by atoms with Crippen LogP contribution in [-0.2, 0) is 33.6 Å². The fourth-order valence-corrected chi connectivity index (χ4v) is 3.35. The number of esters is 1. The van der Waals surface area contributed by atoms with Gasteiger partial charge in [0.25, 0.3) is 5.91 Å². The number of benzene rings is 2. The van der Waals surface area contributed by atoms with Crippen molar-refractivity contribution in [2.24, 2.45) is 0 Å². The molecule has 1 aliphatic rings. The van der Waals surface area contributed by atoms with E-state index in [4.69, 9.17) is 16.3 Å². The number of hydrogen-bond donors (Lipinski definition) is 1. The number of fused-ring (bicyclic) bond motifs is 1. The second-order valence-corrected chi connectivity index (χ2v) is 7.07. The summed E-state index contributed by atoms with van der Waals surface area (Å²) in [5, 5.41) is 3.33. The first kappa shape index (κ1) is 18.5. The van der Waals surface area contributed by atoms with Gasteiger partial charge in [-0.25, -0.2) is 0 Å². The third-order valence-corrected chi connectivity index (χ3v) is 5.12. The topological polar surface area (TPSA) is 55.4 Å². The van der Waals surface area contributed by atoms with E-state index in [1.165, 1.54) is 17.5 Å². The minimum Gasteiger partial charge on any atom is -0.452 e. The van der Waals surface area contributed by atoms with Crippen LogP contribution in [-0.4, -0.2) is 18.0 Å². The lowest BCUT2D eigenvalue weighted by molar-refractivity contribution is -0.152. The molecule has 1 atom stereocenters. The van der Waals surface area contributed by atoms with E-state index in [2.05, 4.69) is 17.4 Å². The molecule has 0 aromatic heterocycles. The summed E-state index contributed by atoms with van der Waals surface area (Å²) in [5.74, 6) is -0.786. The summed E-state index contributed by atoms with van der Waals surface area (Å²) >= 11 is 6.06. The standard InChI is InChI=1S/C21H22ClNO3/c1-13-18(22)7-4-8-19(13)23-21(25)14(2)26-20(24)12-15-9-10-16-5-3-6-17(16)11-15/h4,7-11,14H,3,5-6,12H2,1-2H3,(H,23,25)/t14-/m0/s1. The first-order valence-corrected chi connectivity index (χ1v) is 9.18. The SMILES string of the molecule is Cc1c(Cl)cccc1NC(=O)[C@H](C)OC(=O)Cc1ccc2c(c1)CCC2. The Morgan fingerprint density at radius 1 is 1.19 bits per heavy atom. The molecule has 136 valence electrons. The van der Waals surface area contributed by atoms with Crippen molar-refractivity contribution in [3.05, 3.63) is 63.7 Å². The second kappa shape index (κ2) is 7.92. The van der Waals surface area contributed by atoms with E-state index >= 15 is 0 Å². The molecule has 3 rings (SSSR count). The lowest BCUT2D eigenvalue weighted by Crippen LogP contribution is -2.30. The molecule has 0 radical (unpaired) electrons. The summed E-state index contributed by atoms with van der Waals surface area (Å²) in [7, 11) is 0. The third kappa shape index (κ3) is 4.25. The molecule has 0 unspecified atom stereocenters. The van der Waals surface area contributed by atoms with Crippen molar-refractivity contribution in [1.29, 1.82) is 0 Å². The van der Waals surface area contributed by atoms with Gasteiger partial charge in [-0.05, 0) is 67.5 Å². The zero-order valence-corrected chi connectivity index (χ0v) is 15.7. The van der Waals surface area contributed by atoms with Crippen LogP contribution in [0.15, 0.2) is 36.4 Å². The maximum Gasteiger partial charge on any atom is 0.311 e. The Kier molecular flexibility index (Phi) is 5.62. The fraction of sp³-hybridized carbons (Fsp3) is 0.333. The van der Waals surface area contributed by atoms with Gasteiger partial charge < -0.3 is 10.1 Å². The highest BCUT2D eigenvalue weighted by atomic mass is 35.5. The quantitative estimate of drug-likeness (QED) is 0.799. The summed E-state index contributed by atoms with van der Waals surface area (Å²) < 4.78 is 5.29. The zero-order valence-electron chi connectivity index (χ0n) is 15.0. The number of anilines is 1. The smallest absolute Gasteiger partial charge is 0.311 e. The van der Waals surface area contributed by atoms with Gasteiger partial charge in [0, 0.05) is 10.7 Å². The summed E-state index contributed by atoms with van der Waals surface area (Å²) in [6.45, 7) is 3.39. The summed E-state index contributed by atoms with van der Waals surface area (Å²) in [5.41, 5.74) is 5.00. The minimum atomic E-state index is -0.879. The van der Waals surface area contributed by atoms with Crippen molar-refractivity contribution in [2.75, 3.05) is 5.32 Å². The van der Waals surface area contributed by atoms with E-state index in [9.17, 15) is 9.59 Å². The van der Waals surface area contributed by atoms with Gasteiger partial charge in [0.2, 0.25) is 0 Å². The number of amides is 1. The highest BCUT2D eigenvalue weighted by molar-refractivity contribution is 6.31. The van der Waals surface area contributed by atoms with Crippen molar-refractivity contribution >= 4 is 29.2 Å². The number of ether oxygens (including phenoxy) is 1. The van der Waals surface area contributed by atoms with E-state index in [1.807, 2.05) is 13.0 Å².